The summed E-state index contributed by atoms with van der Waals surface area (Å²) < 4.78 is 5.05. The largest absolute Gasteiger partial charge is 0.452 e. The molecule has 0 heterocycles. The number of ether oxygens (including phenoxy) is 1. The van der Waals surface area contributed by atoms with Gasteiger partial charge >= 0.3 is 5.97 Å². The summed E-state index contributed by atoms with van der Waals surface area (Å²) in [6, 6.07) is 22.5. The van der Waals surface area contributed by atoms with Crippen LogP contribution in [-0.2, 0) is 9.53 Å². The number of para-hydroxylation sites is 2. The van der Waals surface area contributed by atoms with E-state index >= 15 is 0 Å². The molecule has 0 aromatic heterocycles. The molecule has 0 aliphatic rings. The Hall–Kier alpha value is -3.93. The Morgan fingerprint density at radius 1 is 0.793 bits per heavy atom. The van der Waals surface area contributed by atoms with Gasteiger partial charge in [0.25, 0.3) is 11.8 Å². The van der Waals surface area contributed by atoms with Gasteiger partial charge in [0.1, 0.15) is 0 Å². The van der Waals surface area contributed by atoms with Crippen molar-refractivity contribution in [3.63, 3.8) is 0 Å². The van der Waals surface area contributed by atoms with Crippen LogP contribution in [0.25, 0.3) is 0 Å². The van der Waals surface area contributed by atoms with Gasteiger partial charge in [0, 0.05) is 5.69 Å². The van der Waals surface area contributed by atoms with Gasteiger partial charge in [-0.1, -0.05) is 48.0 Å². The van der Waals surface area contributed by atoms with E-state index in [0.29, 0.717) is 22.5 Å². The van der Waals surface area contributed by atoms with Gasteiger partial charge in [0.15, 0.2) is 6.61 Å². The van der Waals surface area contributed by atoms with E-state index in [0.717, 1.165) is 5.56 Å². The molecular weight excluding hydrogens is 368 g/mol. The van der Waals surface area contributed by atoms with Crippen molar-refractivity contribution in [1.29, 1.82) is 0 Å². The van der Waals surface area contributed by atoms with Gasteiger partial charge < -0.3 is 15.4 Å². The first-order valence-corrected chi connectivity index (χ1v) is 9.02. The molecule has 0 radical (unpaired) electrons. The minimum absolute atomic E-state index is 0.301. The smallest absolute Gasteiger partial charge is 0.338 e. The fourth-order valence-electron chi connectivity index (χ4n) is 2.60. The highest BCUT2D eigenvalue weighted by Crippen LogP contribution is 2.17. The van der Waals surface area contributed by atoms with Crippen LogP contribution in [0.3, 0.4) is 0 Å². The SMILES string of the molecule is Cc1ccc(C(=O)OCC(=O)Nc2ccccc2C(=O)Nc2ccccc2)cc1. The summed E-state index contributed by atoms with van der Waals surface area (Å²) in [4.78, 5) is 36.8. The second-order valence-corrected chi connectivity index (χ2v) is 6.36. The maximum atomic E-state index is 12.5. The molecule has 29 heavy (non-hydrogen) atoms. The molecule has 0 aliphatic carbocycles. The van der Waals surface area contributed by atoms with Crippen LogP contribution in [0.5, 0.6) is 0 Å². The van der Waals surface area contributed by atoms with Gasteiger partial charge in [-0.15, -0.1) is 0 Å². The van der Waals surface area contributed by atoms with E-state index in [1.165, 1.54) is 0 Å². The van der Waals surface area contributed by atoms with Crippen molar-refractivity contribution in [3.8, 4) is 0 Å². The first kappa shape index (κ1) is 19.8. The molecule has 0 atom stereocenters. The van der Waals surface area contributed by atoms with Gasteiger partial charge in [-0.2, -0.15) is 0 Å². The van der Waals surface area contributed by atoms with Gasteiger partial charge in [0.05, 0.1) is 16.8 Å². The van der Waals surface area contributed by atoms with E-state index in [2.05, 4.69) is 10.6 Å². The lowest BCUT2D eigenvalue weighted by molar-refractivity contribution is -0.119. The maximum Gasteiger partial charge on any atom is 0.338 e. The number of anilines is 2. The van der Waals surface area contributed by atoms with E-state index in [1.807, 2.05) is 25.1 Å². The van der Waals surface area contributed by atoms with Crippen LogP contribution < -0.4 is 10.6 Å². The molecule has 2 amide bonds. The number of nitrogens with one attached hydrogen (secondary N) is 2. The average molecular weight is 388 g/mol. The van der Waals surface area contributed by atoms with Crippen molar-refractivity contribution in [2.24, 2.45) is 0 Å². The first-order chi connectivity index (χ1) is 14.0. The third-order valence-electron chi connectivity index (χ3n) is 4.10. The number of aryl methyl sites for hydroxylation is 1. The van der Waals surface area contributed by atoms with E-state index in [-0.39, 0.29) is 5.91 Å². The molecule has 3 rings (SSSR count). The number of carbonyl (C=O) groups is 3. The number of esters is 1. The standard InChI is InChI=1S/C23H20N2O4/c1-16-11-13-17(14-12-16)23(28)29-15-21(26)25-20-10-6-5-9-19(20)22(27)24-18-7-3-2-4-8-18/h2-14H,15H2,1H3,(H,24,27)(H,25,26). The predicted molar refractivity (Wildman–Crippen MR) is 111 cm³/mol. The maximum absolute atomic E-state index is 12.5. The molecule has 2 N–H and O–H groups in total. The van der Waals surface area contributed by atoms with Crippen LogP contribution in [0, 0.1) is 6.92 Å². The zero-order valence-corrected chi connectivity index (χ0v) is 15.8. The van der Waals surface area contributed by atoms with Gasteiger partial charge in [-0.25, -0.2) is 4.79 Å². The topological polar surface area (TPSA) is 84.5 Å². The molecule has 6 nitrogen and oxygen atoms in total. The molecular formula is C23H20N2O4. The number of hydrogen-bond acceptors (Lipinski definition) is 4. The Morgan fingerprint density at radius 2 is 1.45 bits per heavy atom. The molecule has 0 aliphatic heterocycles. The molecule has 0 bridgehead atoms. The van der Waals surface area contributed by atoms with Gasteiger partial charge in [0.2, 0.25) is 0 Å². The van der Waals surface area contributed by atoms with E-state index in [4.69, 9.17) is 4.74 Å². The zero-order chi connectivity index (χ0) is 20.6. The zero-order valence-electron chi connectivity index (χ0n) is 15.8. The van der Waals surface area contributed by atoms with Crippen LogP contribution in [0.15, 0.2) is 78.9 Å². The predicted octanol–water partition coefficient (Wildman–Crippen LogP) is 4.04. The Morgan fingerprint density at radius 3 is 2.17 bits per heavy atom. The molecule has 6 heteroatoms. The van der Waals surface area contributed by atoms with Crippen LogP contribution in [0.4, 0.5) is 11.4 Å². The van der Waals surface area contributed by atoms with Crippen molar-refractivity contribution in [2.75, 3.05) is 17.2 Å². The van der Waals surface area contributed by atoms with Crippen LogP contribution in [0.2, 0.25) is 0 Å². The van der Waals surface area contributed by atoms with Crippen LogP contribution >= 0.6 is 0 Å². The Labute approximate surface area is 168 Å². The van der Waals surface area contributed by atoms with Gasteiger partial charge in [-0.05, 0) is 43.3 Å². The summed E-state index contributed by atoms with van der Waals surface area (Å²) in [6.07, 6.45) is 0. The number of hydrogen-bond donors (Lipinski definition) is 2. The van der Waals surface area contributed by atoms with Crippen LogP contribution in [-0.4, -0.2) is 24.4 Å². The molecule has 146 valence electrons. The van der Waals surface area contributed by atoms with E-state index in [1.54, 1.807) is 60.7 Å². The summed E-state index contributed by atoms with van der Waals surface area (Å²) in [5.41, 5.74) is 2.66. The second kappa shape index (κ2) is 9.32. The lowest BCUT2D eigenvalue weighted by atomic mass is 10.1. The summed E-state index contributed by atoms with van der Waals surface area (Å²) in [6.45, 7) is 1.45. The van der Waals surface area contributed by atoms with Crippen molar-refractivity contribution in [1.82, 2.24) is 0 Å². The number of carbonyl (C=O) groups excluding carboxylic acids is 3. The highest BCUT2D eigenvalue weighted by Gasteiger charge is 2.15. The molecule has 0 unspecified atom stereocenters. The third kappa shape index (κ3) is 5.52. The van der Waals surface area contributed by atoms with Gasteiger partial charge in [-0.3, -0.25) is 9.59 Å². The first-order valence-electron chi connectivity index (χ1n) is 9.02. The minimum atomic E-state index is -0.588. The molecule has 0 fully saturated rings. The minimum Gasteiger partial charge on any atom is -0.452 e. The summed E-state index contributed by atoms with van der Waals surface area (Å²) in [5.74, 6) is -1.48. The summed E-state index contributed by atoms with van der Waals surface area (Å²) in [7, 11) is 0. The van der Waals surface area contributed by atoms with E-state index < -0.39 is 18.5 Å². The monoisotopic (exact) mass is 388 g/mol. The quantitative estimate of drug-likeness (QED) is 0.624. The van der Waals surface area contributed by atoms with Crippen molar-refractivity contribution in [3.05, 3.63) is 95.6 Å². The molecule has 3 aromatic rings. The summed E-state index contributed by atoms with van der Waals surface area (Å²) >= 11 is 0. The van der Waals surface area contributed by atoms with Crippen molar-refractivity contribution < 1.29 is 19.1 Å². The fourth-order valence-corrected chi connectivity index (χ4v) is 2.60. The molecule has 3 aromatic carbocycles. The molecule has 0 saturated carbocycles. The fraction of sp³-hybridized carbons (Fsp3) is 0.0870. The number of amides is 2. The second-order valence-electron chi connectivity index (χ2n) is 6.36. The third-order valence-corrected chi connectivity index (χ3v) is 4.10. The molecule has 0 spiro atoms. The molecule has 0 saturated heterocycles. The Bertz CT molecular complexity index is 1010. The highest BCUT2D eigenvalue weighted by atomic mass is 16.5. The lowest BCUT2D eigenvalue weighted by Crippen LogP contribution is -2.23. The van der Waals surface area contributed by atoms with E-state index in [9.17, 15) is 14.4 Å². The Kier molecular flexibility index (Phi) is 6.37. The van der Waals surface area contributed by atoms with Crippen LogP contribution in [0.1, 0.15) is 26.3 Å². The summed E-state index contributed by atoms with van der Waals surface area (Å²) in [5, 5.41) is 5.39. The lowest BCUT2D eigenvalue weighted by Gasteiger charge is -2.12. The normalized spacial score (nSPS) is 10.1. The van der Waals surface area contributed by atoms with Crippen molar-refractivity contribution >= 4 is 29.2 Å². The highest BCUT2D eigenvalue weighted by molar-refractivity contribution is 6.10. The Balaban J connectivity index is 1.61. The number of rotatable bonds is 6. The average Bonchev–Trinajstić information content (AvgIpc) is 2.73. The number of benzene rings is 3. The van der Waals surface area contributed by atoms with Crippen molar-refractivity contribution in [2.45, 2.75) is 6.92 Å².